The standard InChI is InChI=1S/C16H22S2/c1-2-7-16-12-18-10-14-5-3-4-13(8-14)9-17-11-15(16)6-1/h1-2,6-7,13-14H,3-5,8-12H2/t13-,14+. The molecule has 1 aliphatic carbocycles. The molecule has 1 fully saturated rings. The van der Waals surface area contributed by atoms with Gasteiger partial charge in [-0.1, -0.05) is 30.7 Å². The maximum atomic E-state index is 2.33. The number of thioether (sulfide) groups is 2. The normalized spacial score (nSPS) is 29.1. The summed E-state index contributed by atoms with van der Waals surface area (Å²) in [7, 11) is 0. The van der Waals surface area contributed by atoms with Crippen LogP contribution in [0.25, 0.3) is 0 Å². The molecule has 1 saturated carbocycles. The Morgan fingerprint density at radius 1 is 0.833 bits per heavy atom. The Balaban J connectivity index is 1.73. The van der Waals surface area contributed by atoms with Crippen molar-refractivity contribution in [3.05, 3.63) is 35.4 Å². The van der Waals surface area contributed by atoms with Gasteiger partial charge in [-0.3, -0.25) is 0 Å². The molecular weight excluding hydrogens is 256 g/mol. The Morgan fingerprint density at radius 3 is 1.94 bits per heavy atom. The van der Waals surface area contributed by atoms with Gasteiger partial charge in [0.2, 0.25) is 0 Å². The van der Waals surface area contributed by atoms with Gasteiger partial charge in [0.25, 0.3) is 0 Å². The second-order valence-corrected chi connectivity index (χ2v) is 7.76. The van der Waals surface area contributed by atoms with Gasteiger partial charge in [0, 0.05) is 11.5 Å². The van der Waals surface area contributed by atoms with Crippen molar-refractivity contribution in [1.29, 1.82) is 0 Å². The molecule has 0 N–H and O–H groups in total. The summed E-state index contributed by atoms with van der Waals surface area (Å²) >= 11 is 4.33. The number of benzene rings is 1. The van der Waals surface area contributed by atoms with Crippen LogP contribution in [-0.4, -0.2) is 11.5 Å². The first-order chi connectivity index (χ1) is 8.92. The van der Waals surface area contributed by atoms with Gasteiger partial charge in [-0.15, -0.1) is 0 Å². The van der Waals surface area contributed by atoms with E-state index in [1.165, 1.54) is 48.7 Å². The summed E-state index contributed by atoms with van der Waals surface area (Å²) in [6, 6.07) is 9.05. The van der Waals surface area contributed by atoms with Gasteiger partial charge in [-0.25, -0.2) is 0 Å². The molecule has 0 aromatic heterocycles. The molecule has 0 saturated heterocycles. The van der Waals surface area contributed by atoms with E-state index in [1.54, 1.807) is 11.1 Å². The van der Waals surface area contributed by atoms with Crippen LogP contribution in [0.5, 0.6) is 0 Å². The van der Waals surface area contributed by atoms with E-state index < -0.39 is 0 Å². The van der Waals surface area contributed by atoms with Crippen LogP contribution in [0.2, 0.25) is 0 Å². The molecular formula is C16H22S2. The van der Waals surface area contributed by atoms with Crippen LogP contribution in [-0.2, 0) is 11.5 Å². The lowest BCUT2D eigenvalue weighted by Gasteiger charge is -2.28. The molecule has 0 nitrogen and oxygen atoms in total. The van der Waals surface area contributed by atoms with Crippen molar-refractivity contribution >= 4 is 23.5 Å². The highest BCUT2D eigenvalue weighted by molar-refractivity contribution is 7.98. The van der Waals surface area contributed by atoms with Crippen molar-refractivity contribution in [2.24, 2.45) is 11.8 Å². The van der Waals surface area contributed by atoms with E-state index in [0.29, 0.717) is 0 Å². The first-order valence-corrected chi connectivity index (χ1v) is 9.45. The van der Waals surface area contributed by atoms with Crippen molar-refractivity contribution < 1.29 is 0 Å². The number of rotatable bonds is 0. The van der Waals surface area contributed by atoms with Gasteiger partial charge >= 0.3 is 0 Å². The first-order valence-electron chi connectivity index (χ1n) is 7.14. The minimum Gasteiger partial charge on any atom is -0.157 e. The maximum absolute atomic E-state index is 2.33. The summed E-state index contributed by atoms with van der Waals surface area (Å²) < 4.78 is 0. The minimum absolute atomic E-state index is 1.000. The van der Waals surface area contributed by atoms with Gasteiger partial charge in [-0.05, 0) is 53.7 Å². The fourth-order valence-corrected chi connectivity index (χ4v) is 5.73. The predicted octanol–water partition coefficient (Wildman–Crippen LogP) is 4.97. The van der Waals surface area contributed by atoms with Crippen LogP contribution >= 0.6 is 23.5 Å². The maximum Gasteiger partial charge on any atom is 0.0187 e. The van der Waals surface area contributed by atoms with E-state index in [9.17, 15) is 0 Å². The molecule has 98 valence electrons. The Hall–Kier alpha value is -0.0800. The fraction of sp³-hybridized carbons (Fsp3) is 0.625. The molecule has 18 heavy (non-hydrogen) atoms. The van der Waals surface area contributed by atoms with E-state index in [1.807, 2.05) is 0 Å². The van der Waals surface area contributed by atoms with E-state index >= 15 is 0 Å². The molecule has 1 aliphatic heterocycles. The molecule has 0 unspecified atom stereocenters. The Kier molecular flexibility index (Phi) is 4.58. The monoisotopic (exact) mass is 278 g/mol. The van der Waals surface area contributed by atoms with Gasteiger partial charge in [0.05, 0.1) is 0 Å². The zero-order valence-corrected chi connectivity index (χ0v) is 12.6. The van der Waals surface area contributed by atoms with Crippen LogP contribution in [0.4, 0.5) is 0 Å². The lowest BCUT2D eigenvalue weighted by Crippen LogP contribution is -2.18. The summed E-state index contributed by atoms with van der Waals surface area (Å²) in [6.45, 7) is 0. The third kappa shape index (κ3) is 3.27. The zero-order valence-electron chi connectivity index (χ0n) is 10.9. The molecule has 1 aromatic rings. The fourth-order valence-electron chi connectivity index (χ4n) is 3.22. The highest BCUT2D eigenvalue weighted by atomic mass is 32.2. The van der Waals surface area contributed by atoms with Crippen LogP contribution in [0.15, 0.2) is 24.3 Å². The minimum atomic E-state index is 1.000. The van der Waals surface area contributed by atoms with Crippen molar-refractivity contribution in [2.45, 2.75) is 37.2 Å². The Morgan fingerprint density at radius 2 is 1.39 bits per heavy atom. The van der Waals surface area contributed by atoms with Gasteiger partial charge in [0.1, 0.15) is 0 Å². The molecule has 2 heteroatoms. The average Bonchev–Trinajstić information content (AvgIpc) is 2.43. The Labute approximate surface area is 119 Å². The molecule has 3 rings (SSSR count). The lowest BCUT2D eigenvalue weighted by molar-refractivity contribution is 0.309. The molecule has 0 amide bonds. The van der Waals surface area contributed by atoms with E-state index in [0.717, 1.165) is 11.8 Å². The zero-order chi connectivity index (χ0) is 12.2. The molecule has 1 heterocycles. The second-order valence-electron chi connectivity index (χ2n) is 5.70. The van der Waals surface area contributed by atoms with Crippen LogP contribution in [0.1, 0.15) is 36.8 Å². The molecule has 0 radical (unpaired) electrons. The predicted molar refractivity (Wildman–Crippen MR) is 84.2 cm³/mol. The quantitative estimate of drug-likeness (QED) is 0.657. The summed E-state index contributed by atoms with van der Waals surface area (Å²) in [6.07, 6.45) is 5.94. The molecule has 1 aromatic carbocycles. The molecule has 0 spiro atoms. The van der Waals surface area contributed by atoms with E-state index in [-0.39, 0.29) is 0 Å². The summed E-state index contributed by atoms with van der Waals surface area (Å²) in [5.74, 6) is 7.21. The molecule has 2 atom stereocenters. The SMILES string of the molecule is c1ccc2c(c1)CSC[C@H]1CCC[C@@H](CSC2)C1. The molecule has 2 aliphatic rings. The van der Waals surface area contributed by atoms with E-state index in [2.05, 4.69) is 47.8 Å². The van der Waals surface area contributed by atoms with Crippen molar-refractivity contribution in [3.8, 4) is 0 Å². The second kappa shape index (κ2) is 6.38. The number of hydrogen-bond acceptors (Lipinski definition) is 2. The number of hydrogen-bond donors (Lipinski definition) is 0. The van der Waals surface area contributed by atoms with Crippen molar-refractivity contribution in [1.82, 2.24) is 0 Å². The Bertz CT molecular complexity index is 353. The third-order valence-electron chi connectivity index (χ3n) is 4.23. The topological polar surface area (TPSA) is 0 Å². The van der Waals surface area contributed by atoms with Crippen molar-refractivity contribution in [2.75, 3.05) is 11.5 Å². The molecule has 2 bridgehead atoms. The smallest absolute Gasteiger partial charge is 0.0187 e. The summed E-state index contributed by atoms with van der Waals surface area (Å²) in [5, 5.41) is 0. The van der Waals surface area contributed by atoms with Gasteiger partial charge in [-0.2, -0.15) is 23.5 Å². The highest BCUT2D eigenvalue weighted by Crippen LogP contribution is 2.35. The van der Waals surface area contributed by atoms with E-state index in [4.69, 9.17) is 0 Å². The van der Waals surface area contributed by atoms with Gasteiger partial charge < -0.3 is 0 Å². The van der Waals surface area contributed by atoms with Crippen molar-refractivity contribution in [3.63, 3.8) is 0 Å². The first kappa shape index (κ1) is 12.9. The third-order valence-corrected chi connectivity index (χ3v) is 6.68. The average molecular weight is 278 g/mol. The summed E-state index contributed by atoms with van der Waals surface area (Å²) in [5.41, 5.74) is 3.15. The van der Waals surface area contributed by atoms with Gasteiger partial charge in [0.15, 0.2) is 0 Å². The highest BCUT2D eigenvalue weighted by Gasteiger charge is 2.22. The van der Waals surface area contributed by atoms with Crippen LogP contribution in [0, 0.1) is 11.8 Å². The number of fused-ring (bicyclic) bond motifs is 3. The summed E-state index contributed by atoms with van der Waals surface area (Å²) in [4.78, 5) is 0. The lowest BCUT2D eigenvalue weighted by atomic mass is 9.83. The largest absolute Gasteiger partial charge is 0.157 e. The van der Waals surface area contributed by atoms with Crippen LogP contribution < -0.4 is 0 Å². The van der Waals surface area contributed by atoms with Crippen LogP contribution in [0.3, 0.4) is 0 Å².